The molecule has 1 amide bonds. The summed E-state index contributed by atoms with van der Waals surface area (Å²) in [6, 6.07) is 9.81. The van der Waals surface area contributed by atoms with E-state index in [1.165, 1.54) is 4.31 Å². The van der Waals surface area contributed by atoms with Gasteiger partial charge in [-0.2, -0.15) is 0 Å². The summed E-state index contributed by atoms with van der Waals surface area (Å²) >= 11 is 0. The van der Waals surface area contributed by atoms with Crippen LogP contribution in [0.25, 0.3) is 0 Å². The monoisotopic (exact) mass is 379 g/mol. The van der Waals surface area contributed by atoms with E-state index < -0.39 is 10.0 Å². The molecule has 144 valence electrons. The lowest BCUT2D eigenvalue weighted by atomic mass is 9.96. The van der Waals surface area contributed by atoms with E-state index in [4.69, 9.17) is 0 Å². The molecule has 1 aromatic rings. The number of hydrogen-bond acceptors (Lipinski definition) is 4. The van der Waals surface area contributed by atoms with Gasteiger partial charge in [0.05, 0.1) is 11.7 Å². The van der Waals surface area contributed by atoms with Crippen LogP contribution in [0.4, 0.5) is 0 Å². The number of piperidine rings is 2. The quantitative estimate of drug-likeness (QED) is 0.812. The zero-order chi connectivity index (χ0) is 18.6. The number of rotatable bonds is 5. The third-order valence-corrected chi connectivity index (χ3v) is 7.13. The van der Waals surface area contributed by atoms with E-state index in [-0.39, 0.29) is 23.6 Å². The maximum absolute atomic E-state index is 12.7. The SMILES string of the molecule is CC1CC(NC(=O)C2CCCN(S(=O)(=O)Cc3ccccc3)C2)CCN1. The summed E-state index contributed by atoms with van der Waals surface area (Å²) in [5.74, 6) is -0.253. The molecule has 2 aliphatic heterocycles. The molecule has 3 atom stereocenters. The first-order valence-corrected chi connectivity index (χ1v) is 11.1. The Morgan fingerprint density at radius 3 is 2.77 bits per heavy atom. The molecule has 0 bridgehead atoms. The van der Waals surface area contributed by atoms with E-state index >= 15 is 0 Å². The molecule has 26 heavy (non-hydrogen) atoms. The van der Waals surface area contributed by atoms with Gasteiger partial charge < -0.3 is 10.6 Å². The molecule has 0 radical (unpaired) electrons. The Morgan fingerprint density at radius 1 is 1.27 bits per heavy atom. The highest BCUT2D eigenvalue weighted by molar-refractivity contribution is 7.88. The molecular weight excluding hydrogens is 350 g/mol. The fourth-order valence-corrected chi connectivity index (χ4v) is 5.48. The van der Waals surface area contributed by atoms with Crippen LogP contribution in [0.2, 0.25) is 0 Å². The second-order valence-corrected chi connectivity index (χ2v) is 9.49. The molecule has 6 nitrogen and oxygen atoms in total. The van der Waals surface area contributed by atoms with Gasteiger partial charge in [-0.1, -0.05) is 30.3 Å². The van der Waals surface area contributed by atoms with Gasteiger partial charge in [-0.15, -0.1) is 0 Å². The van der Waals surface area contributed by atoms with Crippen LogP contribution in [-0.4, -0.2) is 50.3 Å². The molecule has 2 saturated heterocycles. The number of benzene rings is 1. The normalized spacial score (nSPS) is 27.8. The Bertz CT molecular complexity index is 708. The third kappa shape index (κ3) is 5.05. The average Bonchev–Trinajstić information content (AvgIpc) is 2.62. The number of nitrogens with zero attached hydrogens (tertiary/aromatic N) is 1. The van der Waals surface area contributed by atoms with Crippen LogP contribution in [0.5, 0.6) is 0 Å². The van der Waals surface area contributed by atoms with Gasteiger partial charge in [0.25, 0.3) is 0 Å². The minimum absolute atomic E-state index is 0.00344. The highest BCUT2D eigenvalue weighted by atomic mass is 32.2. The van der Waals surface area contributed by atoms with Crippen molar-refractivity contribution in [3.63, 3.8) is 0 Å². The van der Waals surface area contributed by atoms with Crippen molar-refractivity contribution in [2.24, 2.45) is 5.92 Å². The maximum atomic E-state index is 12.7. The first-order chi connectivity index (χ1) is 12.4. The summed E-state index contributed by atoms with van der Waals surface area (Å²) in [7, 11) is -3.40. The molecule has 2 fully saturated rings. The van der Waals surface area contributed by atoms with Crippen molar-refractivity contribution in [1.29, 1.82) is 0 Å². The van der Waals surface area contributed by atoms with Crippen LogP contribution in [0.1, 0.15) is 38.2 Å². The van der Waals surface area contributed by atoms with E-state index in [1.807, 2.05) is 30.3 Å². The average molecular weight is 380 g/mol. The van der Waals surface area contributed by atoms with Crippen LogP contribution < -0.4 is 10.6 Å². The molecule has 0 saturated carbocycles. The molecule has 3 unspecified atom stereocenters. The van der Waals surface area contributed by atoms with Gasteiger partial charge in [0, 0.05) is 25.2 Å². The molecule has 0 spiro atoms. The Hall–Kier alpha value is -1.44. The minimum Gasteiger partial charge on any atom is -0.353 e. The third-order valence-electron chi connectivity index (χ3n) is 5.31. The van der Waals surface area contributed by atoms with Crippen molar-refractivity contribution in [1.82, 2.24) is 14.9 Å². The molecule has 1 aromatic carbocycles. The van der Waals surface area contributed by atoms with Crippen molar-refractivity contribution in [3.05, 3.63) is 35.9 Å². The predicted molar refractivity (Wildman–Crippen MR) is 102 cm³/mol. The van der Waals surface area contributed by atoms with Gasteiger partial charge in [0.1, 0.15) is 0 Å². The second-order valence-electron chi connectivity index (χ2n) is 7.52. The number of sulfonamides is 1. The minimum atomic E-state index is -3.40. The van der Waals surface area contributed by atoms with Gasteiger partial charge in [-0.3, -0.25) is 4.79 Å². The number of nitrogens with one attached hydrogen (secondary N) is 2. The van der Waals surface area contributed by atoms with Crippen LogP contribution in [0, 0.1) is 5.92 Å². The number of amides is 1. The number of carbonyl (C=O) groups is 1. The van der Waals surface area contributed by atoms with Gasteiger partial charge in [0.2, 0.25) is 15.9 Å². The Kier molecular flexibility index (Phi) is 6.32. The molecule has 2 aliphatic rings. The molecule has 7 heteroatoms. The lowest BCUT2D eigenvalue weighted by molar-refractivity contribution is -0.127. The summed E-state index contributed by atoms with van der Waals surface area (Å²) in [5, 5.41) is 6.52. The topological polar surface area (TPSA) is 78.5 Å². The van der Waals surface area contributed by atoms with Crippen molar-refractivity contribution >= 4 is 15.9 Å². The summed E-state index contributed by atoms with van der Waals surface area (Å²) in [5.41, 5.74) is 0.780. The lowest BCUT2D eigenvalue weighted by Gasteiger charge is -2.34. The van der Waals surface area contributed by atoms with Crippen LogP contribution in [0.15, 0.2) is 30.3 Å². The smallest absolute Gasteiger partial charge is 0.224 e. The maximum Gasteiger partial charge on any atom is 0.224 e. The largest absolute Gasteiger partial charge is 0.353 e. The zero-order valence-corrected chi connectivity index (χ0v) is 16.2. The highest BCUT2D eigenvalue weighted by Crippen LogP contribution is 2.22. The predicted octanol–water partition coefficient (Wildman–Crippen LogP) is 1.49. The molecule has 3 rings (SSSR count). The van der Waals surface area contributed by atoms with Crippen molar-refractivity contribution in [3.8, 4) is 0 Å². The Labute approximate surface area is 156 Å². The molecular formula is C19H29N3O3S. The second kappa shape index (κ2) is 8.50. The lowest BCUT2D eigenvalue weighted by Crippen LogP contribution is -2.51. The van der Waals surface area contributed by atoms with Gasteiger partial charge in [-0.25, -0.2) is 12.7 Å². The summed E-state index contributed by atoms with van der Waals surface area (Å²) in [6.45, 7) is 3.83. The van der Waals surface area contributed by atoms with Crippen LogP contribution in [0.3, 0.4) is 0 Å². The standard InChI is InChI=1S/C19H29N3O3S/c1-15-12-18(9-10-20-15)21-19(23)17-8-5-11-22(13-17)26(24,25)14-16-6-3-2-4-7-16/h2-4,6-7,15,17-18,20H,5,8-14H2,1H3,(H,21,23). The molecule has 0 aliphatic carbocycles. The van der Waals surface area contributed by atoms with Crippen LogP contribution >= 0.6 is 0 Å². The summed E-state index contributed by atoms with van der Waals surface area (Å²) in [6.07, 6.45) is 3.34. The van der Waals surface area contributed by atoms with Crippen molar-refractivity contribution in [2.45, 2.75) is 50.4 Å². The van der Waals surface area contributed by atoms with E-state index in [0.29, 0.717) is 19.1 Å². The van der Waals surface area contributed by atoms with E-state index in [9.17, 15) is 13.2 Å². The van der Waals surface area contributed by atoms with E-state index in [0.717, 1.165) is 37.8 Å². The first-order valence-electron chi connectivity index (χ1n) is 9.49. The van der Waals surface area contributed by atoms with E-state index in [2.05, 4.69) is 17.6 Å². The summed E-state index contributed by atoms with van der Waals surface area (Å²) < 4.78 is 27.0. The fraction of sp³-hybridized carbons (Fsp3) is 0.632. The van der Waals surface area contributed by atoms with E-state index in [1.54, 1.807) is 0 Å². The van der Waals surface area contributed by atoms with Gasteiger partial charge in [0.15, 0.2) is 0 Å². The van der Waals surface area contributed by atoms with Gasteiger partial charge >= 0.3 is 0 Å². The number of hydrogen-bond donors (Lipinski definition) is 2. The fourth-order valence-electron chi connectivity index (χ4n) is 3.87. The van der Waals surface area contributed by atoms with Crippen molar-refractivity contribution < 1.29 is 13.2 Å². The summed E-state index contributed by atoms with van der Waals surface area (Å²) in [4.78, 5) is 12.7. The first kappa shape index (κ1) is 19.3. The molecule has 0 aromatic heterocycles. The van der Waals surface area contributed by atoms with Crippen molar-refractivity contribution in [2.75, 3.05) is 19.6 Å². The molecule has 2 heterocycles. The highest BCUT2D eigenvalue weighted by Gasteiger charge is 2.33. The molecule has 2 N–H and O–H groups in total. The van der Waals surface area contributed by atoms with Gasteiger partial charge in [-0.05, 0) is 44.7 Å². The Balaban J connectivity index is 1.58. The van der Waals surface area contributed by atoms with Crippen LogP contribution in [-0.2, 0) is 20.6 Å². The number of carbonyl (C=O) groups excluding carboxylic acids is 1. The zero-order valence-electron chi connectivity index (χ0n) is 15.4. The Morgan fingerprint density at radius 2 is 2.04 bits per heavy atom.